The maximum Gasteiger partial charge on any atom is 0.230 e. The van der Waals surface area contributed by atoms with E-state index in [2.05, 4.69) is 4.90 Å². The van der Waals surface area contributed by atoms with Gasteiger partial charge in [0, 0.05) is 19.0 Å². The third-order valence-corrected chi connectivity index (χ3v) is 5.52. The Morgan fingerprint density at radius 1 is 1.13 bits per heavy atom. The highest BCUT2D eigenvalue weighted by atomic mass is 19.1. The first-order valence-electron chi connectivity index (χ1n) is 10.3. The molecule has 0 saturated carbocycles. The van der Waals surface area contributed by atoms with Crippen molar-refractivity contribution < 1.29 is 18.3 Å². The summed E-state index contributed by atoms with van der Waals surface area (Å²) >= 11 is 0. The predicted molar refractivity (Wildman–Crippen MR) is 113 cm³/mol. The number of para-hydroxylation sites is 2. The Balaban J connectivity index is 1.39. The zero-order chi connectivity index (χ0) is 20.9. The van der Waals surface area contributed by atoms with E-state index in [1.807, 2.05) is 31.2 Å². The first-order chi connectivity index (χ1) is 14.6. The molecular weight excluding hydrogens is 383 g/mol. The van der Waals surface area contributed by atoms with E-state index in [1.165, 1.54) is 6.07 Å². The second-order valence-electron chi connectivity index (χ2n) is 7.71. The number of piperidine rings is 1. The van der Waals surface area contributed by atoms with Crippen molar-refractivity contribution in [3.05, 3.63) is 65.8 Å². The molecule has 0 spiro atoms. The summed E-state index contributed by atoms with van der Waals surface area (Å²) in [5.74, 6) is 2.51. The van der Waals surface area contributed by atoms with Gasteiger partial charge in [-0.2, -0.15) is 0 Å². The van der Waals surface area contributed by atoms with Crippen molar-refractivity contribution in [2.24, 2.45) is 5.92 Å². The molecule has 0 amide bonds. The molecule has 0 aliphatic carbocycles. The molecule has 0 N–H and O–H groups in total. The van der Waals surface area contributed by atoms with Crippen LogP contribution in [0.15, 0.2) is 52.9 Å². The lowest BCUT2D eigenvalue weighted by Gasteiger charge is -2.32. The van der Waals surface area contributed by atoms with Crippen LogP contribution in [0.2, 0.25) is 0 Å². The van der Waals surface area contributed by atoms with E-state index in [1.54, 1.807) is 25.3 Å². The smallest absolute Gasteiger partial charge is 0.230 e. The number of halogens is 1. The molecule has 2 aromatic carbocycles. The van der Waals surface area contributed by atoms with Crippen LogP contribution in [-0.4, -0.2) is 36.7 Å². The highest BCUT2D eigenvalue weighted by Crippen LogP contribution is 2.31. The molecule has 1 unspecified atom stereocenters. The Morgan fingerprint density at radius 2 is 1.90 bits per heavy atom. The molecule has 1 saturated heterocycles. The van der Waals surface area contributed by atoms with Crippen molar-refractivity contribution in [1.82, 2.24) is 9.88 Å². The summed E-state index contributed by atoms with van der Waals surface area (Å²) in [6.07, 6.45) is 2.16. The summed E-state index contributed by atoms with van der Waals surface area (Å²) < 4.78 is 30.9. The molecule has 4 rings (SSSR count). The van der Waals surface area contributed by atoms with Gasteiger partial charge in [-0.05, 0) is 50.6 Å². The molecule has 3 aromatic rings. The number of rotatable bonds is 7. The Bertz CT molecular complexity index is 988. The van der Waals surface area contributed by atoms with Crippen LogP contribution >= 0.6 is 0 Å². The number of aryl methyl sites for hydroxylation is 1. The van der Waals surface area contributed by atoms with E-state index in [0.29, 0.717) is 24.2 Å². The summed E-state index contributed by atoms with van der Waals surface area (Å²) in [6.45, 7) is 5.09. The predicted octanol–water partition coefficient (Wildman–Crippen LogP) is 5.09. The van der Waals surface area contributed by atoms with E-state index in [4.69, 9.17) is 18.9 Å². The number of likely N-dealkylation sites (tertiary alicyclic amines) is 1. The fraction of sp³-hybridized carbons (Fsp3) is 0.375. The van der Waals surface area contributed by atoms with Crippen molar-refractivity contribution in [1.29, 1.82) is 0 Å². The van der Waals surface area contributed by atoms with Crippen molar-refractivity contribution in [3.63, 3.8) is 0 Å². The molecule has 0 bridgehead atoms. The molecule has 1 aromatic heterocycles. The van der Waals surface area contributed by atoms with Crippen molar-refractivity contribution in [2.75, 3.05) is 26.8 Å². The fourth-order valence-corrected chi connectivity index (χ4v) is 3.92. The van der Waals surface area contributed by atoms with Gasteiger partial charge in [0.05, 0.1) is 25.0 Å². The van der Waals surface area contributed by atoms with Gasteiger partial charge >= 0.3 is 0 Å². The van der Waals surface area contributed by atoms with Crippen LogP contribution in [0.5, 0.6) is 11.5 Å². The monoisotopic (exact) mass is 410 g/mol. The van der Waals surface area contributed by atoms with Gasteiger partial charge in [-0.1, -0.05) is 24.3 Å². The molecule has 1 aliphatic heterocycles. The highest BCUT2D eigenvalue weighted by Gasteiger charge is 2.23. The number of oxazole rings is 1. The van der Waals surface area contributed by atoms with Crippen LogP contribution in [-0.2, 0) is 6.54 Å². The minimum Gasteiger partial charge on any atom is -0.496 e. The summed E-state index contributed by atoms with van der Waals surface area (Å²) in [4.78, 5) is 7.11. The first kappa shape index (κ1) is 20.4. The van der Waals surface area contributed by atoms with E-state index >= 15 is 0 Å². The van der Waals surface area contributed by atoms with Gasteiger partial charge in [0.1, 0.15) is 11.5 Å². The van der Waals surface area contributed by atoms with Crippen LogP contribution in [0.1, 0.15) is 24.3 Å². The SMILES string of the molecule is COc1ccccc1-c1nc(CN2CCCC(COc3ccccc3F)C2)c(C)o1. The highest BCUT2D eigenvalue weighted by molar-refractivity contribution is 5.62. The van der Waals surface area contributed by atoms with E-state index in [0.717, 1.165) is 55.2 Å². The lowest BCUT2D eigenvalue weighted by molar-refractivity contribution is 0.122. The fourth-order valence-electron chi connectivity index (χ4n) is 3.92. The Morgan fingerprint density at radius 3 is 2.70 bits per heavy atom. The van der Waals surface area contributed by atoms with Crippen molar-refractivity contribution in [3.8, 4) is 23.0 Å². The number of aromatic nitrogens is 1. The number of hydrogen-bond donors (Lipinski definition) is 0. The van der Waals surface area contributed by atoms with Gasteiger partial charge in [-0.15, -0.1) is 0 Å². The largest absolute Gasteiger partial charge is 0.496 e. The second-order valence-corrected chi connectivity index (χ2v) is 7.71. The van der Waals surface area contributed by atoms with Gasteiger partial charge in [-0.25, -0.2) is 9.37 Å². The van der Waals surface area contributed by atoms with Gasteiger partial charge < -0.3 is 13.9 Å². The van der Waals surface area contributed by atoms with Crippen LogP contribution < -0.4 is 9.47 Å². The minimum atomic E-state index is -0.313. The summed E-state index contributed by atoms with van der Waals surface area (Å²) in [7, 11) is 1.65. The van der Waals surface area contributed by atoms with Crippen LogP contribution in [0.25, 0.3) is 11.5 Å². The number of benzene rings is 2. The van der Waals surface area contributed by atoms with E-state index < -0.39 is 0 Å². The lowest BCUT2D eigenvalue weighted by Crippen LogP contribution is -2.37. The molecule has 1 atom stereocenters. The molecule has 0 radical (unpaired) electrons. The molecular formula is C24H27FN2O3. The summed E-state index contributed by atoms with van der Waals surface area (Å²) in [5, 5.41) is 0. The number of nitrogens with zero attached hydrogens (tertiary/aromatic N) is 2. The molecule has 2 heterocycles. The quantitative estimate of drug-likeness (QED) is 0.543. The average Bonchev–Trinajstić information content (AvgIpc) is 3.13. The standard InChI is InChI=1S/C24H27FN2O3/c1-17-21(26-24(30-17)19-9-3-5-11-22(19)28-2)15-27-13-7-8-18(14-27)16-29-23-12-6-4-10-20(23)25/h3-6,9-12,18H,7-8,13-16H2,1-2H3. The lowest BCUT2D eigenvalue weighted by atomic mass is 9.99. The third kappa shape index (κ3) is 4.65. The Hall–Kier alpha value is -2.86. The van der Waals surface area contributed by atoms with Crippen LogP contribution in [0.3, 0.4) is 0 Å². The van der Waals surface area contributed by atoms with Gasteiger partial charge in [-0.3, -0.25) is 4.90 Å². The Labute approximate surface area is 176 Å². The van der Waals surface area contributed by atoms with Crippen molar-refractivity contribution >= 4 is 0 Å². The zero-order valence-electron chi connectivity index (χ0n) is 17.4. The normalized spacial score (nSPS) is 17.1. The van der Waals surface area contributed by atoms with Crippen molar-refractivity contribution in [2.45, 2.75) is 26.3 Å². The Kier molecular flexibility index (Phi) is 6.33. The topological polar surface area (TPSA) is 47.7 Å². The number of hydrogen-bond acceptors (Lipinski definition) is 5. The maximum absolute atomic E-state index is 13.8. The van der Waals surface area contributed by atoms with E-state index in [-0.39, 0.29) is 5.82 Å². The molecule has 6 heteroatoms. The molecule has 5 nitrogen and oxygen atoms in total. The molecule has 30 heavy (non-hydrogen) atoms. The van der Waals surface area contributed by atoms with Crippen LogP contribution in [0.4, 0.5) is 4.39 Å². The van der Waals surface area contributed by atoms with Gasteiger partial charge in [0.25, 0.3) is 0 Å². The number of methoxy groups -OCH3 is 1. The third-order valence-electron chi connectivity index (χ3n) is 5.52. The zero-order valence-corrected chi connectivity index (χ0v) is 17.4. The minimum absolute atomic E-state index is 0.313. The van der Waals surface area contributed by atoms with E-state index in [9.17, 15) is 4.39 Å². The average molecular weight is 410 g/mol. The maximum atomic E-state index is 13.8. The summed E-state index contributed by atoms with van der Waals surface area (Å²) in [6, 6.07) is 14.3. The van der Waals surface area contributed by atoms with Gasteiger partial charge in [0.2, 0.25) is 5.89 Å². The molecule has 1 fully saturated rings. The van der Waals surface area contributed by atoms with Crippen LogP contribution in [0, 0.1) is 18.7 Å². The summed E-state index contributed by atoms with van der Waals surface area (Å²) in [5.41, 5.74) is 1.79. The second kappa shape index (κ2) is 9.30. The molecule has 158 valence electrons. The first-order valence-corrected chi connectivity index (χ1v) is 10.3. The molecule has 1 aliphatic rings. The van der Waals surface area contributed by atoms with Gasteiger partial charge in [0.15, 0.2) is 11.6 Å². The number of ether oxygens (including phenoxy) is 2.